The lowest BCUT2D eigenvalue weighted by Crippen LogP contribution is -2.42. The van der Waals surface area contributed by atoms with Crippen LogP contribution in [0.25, 0.3) is 11.4 Å². The predicted molar refractivity (Wildman–Crippen MR) is 87.2 cm³/mol. The van der Waals surface area contributed by atoms with Crippen molar-refractivity contribution in [1.29, 1.82) is 0 Å². The molecule has 0 radical (unpaired) electrons. The van der Waals surface area contributed by atoms with E-state index in [-0.39, 0.29) is 0 Å². The molecule has 1 fully saturated rings. The van der Waals surface area contributed by atoms with Crippen LogP contribution in [0, 0.1) is 5.41 Å². The Morgan fingerprint density at radius 2 is 2.05 bits per heavy atom. The summed E-state index contributed by atoms with van der Waals surface area (Å²) < 4.78 is 2.37. The van der Waals surface area contributed by atoms with Crippen molar-refractivity contribution >= 4 is 0 Å². The van der Waals surface area contributed by atoms with Crippen molar-refractivity contribution in [3.8, 4) is 11.4 Å². The largest absolute Gasteiger partial charge is 0.326 e. The quantitative estimate of drug-likeness (QED) is 0.922. The fourth-order valence-electron chi connectivity index (χ4n) is 3.69. The van der Waals surface area contributed by atoms with Gasteiger partial charge in [-0.05, 0) is 24.8 Å². The molecule has 2 unspecified atom stereocenters. The van der Waals surface area contributed by atoms with Crippen LogP contribution >= 0.6 is 0 Å². The molecular weight excluding hydrogens is 258 g/mol. The molecule has 1 aliphatic carbocycles. The zero-order valence-electron chi connectivity index (χ0n) is 13.2. The van der Waals surface area contributed by atoms with E-state index in [0.717, 1.165) is 12.4 Å². The zero-order chi connectivity index (χ0) is 14.9. The second-order valence-electron chi connectivity index (χ2n) is 6.65. The number of imidazole rings is 1. The summed E-state index contributed by atoms with van der Waals surface area (Å²) in [5.74, 6) is 1.08. The minimum atomic E-state index is 0.332. The topological polar surface area (TPSA) is 29.9 Å². The van der Waals surface area contributed by atoms with Crippen molar-refractivity contribution in [3.63, 3.8) is 0 Å². The van der Waals surface area contributed by atoms with Crippen LogP contribution in [0.5, 0.6) is 0 Å². The van der Waals surface area contributed by atoms with Crippen LogP contribution in [0.2, 0.25) is 0 Å². The van der Waals surface area contributed by atoms with E-state index in [1.807, 2.05) is 6.20 Å². The van der Waals surface area contributed by atoms with Crippen molar-refractivity contribution in [2.24, 2.45) is 5.41 Å². The van der Waals surface area contributed by atoms with Gasteiger partial charge < -0.3 is 9.88 Å². The van der Waals surface area contributed by atoms with E-state index in [1.165, 1.54) is 18.4 Å². The Labute approximate surface area is 127 Å². The summed E-state index contributed by atoms with van der Waals surface area (Å²) in [5.41, 5.74) is 1.53. The number of hydrogen-bond donors (Lipinski definition) is 1. The lowest BCUT2D eigenvalue weighted by Gasteiger charge is -2.32. The number of nitrogens with zero attached hydrogens (tertiary/aromatic N) is 2. The van der Waals surface area contributed by atoms with E-state index < -0.39 is 0 Å². The number of hydrogen-bond acceptors (Lipinski definition) is 2. The molecule has 0 saturated heterocycles. The molecule has 1 N–H and O–H groups in total. The van der Waals surface area contributed by atoms with Gasteiger partial charge in [0.2, 0.25) is 0 Å². The number of likely N-dealkylation sites (N-methyl/N-ethyl adjacent to an activating group) is 1. The molecule has 112 valence electrons. The van der Waals surface area contributed by atoms with Crippen LogP contribution < -0.4 is 5.32 Å². The molecule has 2 atom stereocenters. The molecule has 3 heteroatoms. The molecule has 1 aromatic heterocycles. The normalized spacial score (nSPS) is 24.3. The van der Waals surface area contributed by atoms with Gasteiger partial charge in [0.05, 0.1) is 6.04 Å². The summed E-state index contributed by atoms with van der Waals surface area (Å²) in [6.45, 7) is 7.95. The first kappa shape index (κ1) is 14.3. The molecule has 1 heterocycles. The smallest absolute Gasteiger partial charge is 0.140 e. The number of rotatable bonds is 4. The van der Waals surface area contributed by atoms with E-state index in [4.69, 9.17) is 0 Å². The van der Waals surface area contributed by atoms with Crippen molar-refractivity contribution in [3.05, 3.63) is 42.7 Å². The highest BCUT2D eigenvalue weighted by Crippen LogP contribution is 2.44. The van der Waals surface area contributed by atoms with Gasteiger partial charge in [-0.1, -0.05) is 51.1 Å². The summed E-state index contributed by atoms with van der Waals surface area (Å²) in [4.78, 5) is 4.61. The average Bonchev–Trinajstić information content (AvgIpc) is 3.06. The van der Waals surface area contributed by atoms with Crippen LogP contribution in [0.15, 0.2) is 42.7 Å². The van der Waals surface area contributed by atoms with Gasteiger partial charge in [0.25, 0.3) is 0 Å². The van der Waals surface area contributed by atoms with Gasteiger partial charge in [-0.25, -0.2) is 4.98 Å². The molecule has 1 aliphatic rings. The van der Waals surface area contributed by atoms with Crippen molar-refractivity contribution < 1.29 is 0 Å². The molecule has 3 nitrogen and oxygen atoms in total. The summed E-state index contributed by atoms with van der Waals surface area (Å²) in [7, 11) is 0. The highest BCUT2D eigenvalue weighted by molar-refractivity contribution is 5.55. The first-order valence-corrected chi connectivity index (χ1v) is 7.95. The number of aromatic nitrogens is 2. The molecule has 1 saturated carbocycles. The molecule has 2 aromatic rings. The van der Waals surface area contributed by atoms with E-state index in [0.29, 0.717) is 17.5 Å². The van der Waals surface area contributed by atoms with E-state index in [1.54, 1.807) is 0 Å². The van der Waals surface area contributed by atoms with Gasteiger partial charge in [-0.3, -0.25) is 0 Å². The standard InChI is InChI=1S/C18H25N3/c1-4-19-16-15(10-11-18(16,2)3)21-13-12-20-17(21)14-8-6-5-7-9-14/h5-9,12-13,15-16,19H,4,10-11H2,1-3H3. The second-order valence-corrected chi connectivity index (χ2v) is 6.65. The highest BCUT2D eigenvalue weighted by Gasteiger charge is 2.42. The number of benzene rings is 1. The third kappa shape index (κ3) is 2.62. The first-order chi connectivity index (χ1) is 10.1. The summed E-state index contributed by atoms with van der Waals surface area (Å²) in [6, 6.07) is 11.5. The maximum absolute atomic E-state index is 4.61. The highest BCUT2D eigenvalue weighted by atomic mass is 15.1. The maximum Gasteiger partial charge on any atom is 0.140 e. The van der Waals surface area contributed by atoms with Gasteiger partial charge in [0, 0.05) is 24.0 Å². The Balaban J connectivity index is 1.96. The summed E-state index contributed by atoms with van der Waals surface area (Å²) >= 11 is 0. The Kier molecular flexibility index (Phi) is 3.85. The van der Waals surface area contributed by atoms with Crippen molar-refractivity contribution in [2.45, 2.75) is 45.7 Å². The minimum absolute atomic E-state index is 0.332. The van der Waals surface area contributed by atoms with E-state index >= 15 is 0 Å². The molecule has 3 rings (SSSR count). The second kappa shape index (κ2) is 5.64. The molecule has 0 spiro atoms. The SMILES string of the molecule is CCNC1C(n2ccnc2-c2ccccc2)CCC1(C)C. The lowest BCUT2D eigenvalue weighted by atomic mass is 9.86. The van der Waals surface area contributed by atoms with Crippen LogP contribution in [-0.4, -0.2) is 22.1 Å². The van der Waals surface area contributed by atoms with Gasteiger partial charge in [-0.15, -0.1) is 0 Å². The van der Waals surface area contributed by atoms with Gasteiger partial charge in [-0.2, -0.15) is 0 Å². The average molecular weight is 283 g/mol. The minimum Gasteiger partial charge on any atom is -0.326 e. The van der Waals surface area contributed by atoms with E-state index in [2.05, 4.69) is 72.2 Å². The maximum atomic E-state index is 4.61. The molecular formula is C18H25N3. The Morgan fingerprint density at radius 3 is 2.76 bits per heavy atom. The Hall–Kier alpha value is -1.61. The van der Waals surface area contributed by atoms with Crippen LogP contribution in [0.1, 0.15) is 39.7 Å². The lowest BCUT2D eigenvalue weighted by molar-refractivity contribution is 0.253. The summed E-state index contributed by atoms with van der Waals surface area (Å²) in [5, 5.41) is 3.70. The zero-order valence-corrected chi connectivity index (χ0v) is 13.2. The third-order valence-electron chi connectivity index (χ3n) is 4.79. The Morgan fingerprint density at radius 1 is 1.29 bits per heavy atom. The number of nitrogens with one attached hydrogen (secondary N) is 1. The van der Waals surface area contributed by atoms with Crippen LogP contribution in [0.4, 0.5) is 0 Å². The Bertz CT molecular complexity index is 586. The fraction of sp³-hybridized carbons (Fsp3) is 0.500. The van der Waals surface area contributed by atoms with Crippen molar-refractivity contribution in [1.82, 2.24) is 14.9 Å². The van der Waals surface area contributed by atoms with Gasteiger partial charge in [0.15, 0.2) is 0 Å². The molecule has 21 heavy (non-hydrogen) atoms. The fourth-order valence-corrected chi connectivity index (χ4v) is 3.69. The van der Waals surface area contributed by atoms with E-state index in [9.17, 15) is 0 Å². The molecule has 0 bridgehead atoms. The van der Waals surface area contributed by atoms with Crippen LogP contribution in [0.3, 0.4) is 0 Å². The third-order valence-corrected chi connectivity index (χ3v) is 4.79. The first-order valence-electron chi connectivity index (χ1n) is 7.95. The molecule has 1 aromatic carbocycles. The van der Waals surface area contributed by atoms with Crippen LogP contribution in [-0.2, 0) is 0 Å². The molecule has 0 aliphatic heterocycles. The predicted octanol–water partition coefficient (Wildman–Crippen LogP) is 3.89. The summed E-state index contributed by atoms with van der Waals surface area (Å²) in [6.07, 6.45) is 6.53. The van der Waals surface area contributed by atoms with Crippen molar-refractivity contribution in [2.75, 3.05) is 6.54 Å². The monoisotopic (exact) mass is 283 g/mol. The van der Waals surface area contributed by atoms with Gasteiger partial charge >= 0.3 is 0 Å². The van der Waals surface area contributed by atoms with Gasteiger partial charge in [0.1, 0.15) is 5.82 Å². The molecule has 0 amide bonds.